The molecule has 3 N–H and O–H groups in total. The molecule has 14 heteroatoms. The third kappa shape index (κ3) is 5.12. The van der Waals surface area contributed by atoms with Crippen LogP contribution >= 0.6 is 0 Å². The first kappa shape index (κ1) is 25.0. The molecule has 4 rings (SSSR count). The number of aromatic nitrogens is 5. The Kier molecular flexibility index (Phi) is 7.47. The number of methoxy groups -OCH3 is 3. The summed E-state index contributed by atoms with van der Waals surface area (Å²) in [6.07, 6.45) is 1.40. The van der Waals surface area contributed by atoms with Crippen molar-refractivity contribution >= 4 is 17.9 Å². The summed E-state index contributed by atoms with van der Waals surface area (Å²) in [4.78, 5) is 13.1. The number of nitrogen functional groups attached to an aromatic ring is 1. The lowest BCUT2D eigenvalue weighted by atomic mass is 10.1. The van der Waals surface area contributed by atoms with Gasteiger partial charge >= 0.3 is 0 Å². The van der Waals surface area contributed by atoms with E-state index in [9.17, 15) is 4.79 Å². The van der Waals surface area contributed by atoms with Crippen LogP contribution in [-0.4, -0.2) is 65.4 Å². The Morgan fingerprint density at radius 1 is 1.08 bits per heavy atom. The molecule has 2 heterocycles. The minimum absolute atomic E-state index is 0.0254. The molecule has 0 aliphatic heterocycles. The number of hydrazone groups is 1. The molecule has 2 aromatic carbocycles. The number of nitrogens with one attached hydrogen (secondary N) is 1. The second-order valence-electron chi connectivity index (χ2n) is 7.28. The Bertz CT molecular complexity index is 1410. The molecule has 0 aliphatic rings. The fourth-order valence-electron chi connectivity index (χ4n) is 3.42. The van der Waals surface area contributed by atoms with E-state index in [1.54, 1.807) is 36.4 Å². The maximum atomic E-state index is 13.1. The molecule has 4 aromatic rings. The quantitative estimate of drug-likeness (QED) is 0.237. The lowest BCUT2D eigenvalue weighted by Crippen LogP contribution is -2.19. The molecule has 192 valence electrons. The number of anilines is 1. The average Bonchev–Trinajstić information content (AvgIpc) is 3.54. The van der Waals surface area contributed by atoms with Gasteiger partial charge < -0.3 is 24.7 Å². The predicted octanol–water partition coefficient (Wildman–Crippen LogP) is 2.09. The van der Waals surface area contributed by atoms with Crippen LogP contribution in [0, 0.1) is 0 Å². The van der Waals surface area contributed by atoms with E-state index in [0.29, 0.717) is 46.4 Å². The molecule has 0 saturated heterocycles. The number of benzene rings is 2. The Morgan fingerprint density at radius 2 is 1.78 bits per heavy atom. The summed E-state index contributed by atoms with van der Waals surface area (Å²) in [6.45, 7) is 2.39. The van der Waals surface area contributed by atoms with Gasteiger partial charge in [0, 0.05) is 17.2 Å². The van der Waals surface area contributed by atoms with Crippen LogP contribution in [-0.2, 0) is 0 Å². The van der Waals surface area contributed by atoms with Crippen molar-refractivity contribution in [3.05, 3.63) is 47.7 Å². The van der Waals surface area contributed by atoms with Gasteiger partial charge in [-0.15, -0.1) is 5.10 Å². The molecule has 0 atom stereocenters. The monoisotopic (exact) mass is 508 g/mol. The molecule has 0 unspecified atom stereocenters. The van der Waals surface area contributed by atoms with E-state index >= 15 is 0 Å². The maximum absolute atomic E-state index is 13.1. The van der Waals surface area contributed by atoms with Crippen molar-refractivity contribution in [1.29, 1.82) is 0 Å². The molecule has 0 radical (unpaired) electrons. The summed E-state index contributed by atoms with van der Waals surface area (Å²) < 4.78 is 27.4. The number of hydrogen-bond acceptors (Lipinski definition) is 12. The molecular weight excluding hydrogens is 484 g/mol. The average molecular weight is 508 g/mol. The maximum Gasteiger partial charge on any atom is 0.294 e. The first-order valence-corrected chi connectivity index (χ1v) is 10.9. The highest BCUT2D eigenvalue weighted by molar-refractivity contribution is 5.99. The van der Waals surface area contributed by atoms with E-state index in [1.807, 2.05) is 6.92 Å². The number of amides is 1. The normalized spacial score (nSPS) is 10.9. The fourth-order valence-corrected chi connectivity index (χ4v) is 3.42. The van der Waals surface area contributed by atoms with Gasteiger partial charge in [0.15, 0.2) is 17.2 Å². The number of rotatable bonds is 10. The van der Waals surface area contributed by atoms with Crippen molar-refractivity contribution in [2.75, 3.05) is 33.7 Å². The molecule has 2 aromatic heterocycles. The molecule has 1 amide bonds. The van der Waals surface area contributed by atoms with Crippen LogP contribution in [0.2, 0.25) is 0 Å². The highest BCUT2D eigenvalue weighted by Gasteiger charge is 2.25. The summed E-state index contributed by atoms with van der Waals surface area (Å²) in [5, 5.41) is 19.5. The van der Waals surface area contributed by atoms with Crippen LogP contribution in [0.25, 0.3) is 17.1 Å². The van der Waals surface area contributed by atoms with Crippen molar-refractivity contribution in [3.8, 4) is 40.1 Å². The summed E-state index contributed by atoms with van der Waals surface area (Å²) in [5.41, 5.74) is 9.69. The van der Waals surface area contributed by atoms with Gasteiger partial charge in [0.2, 0.25) is 11.6 Å². The third-order valence-electron chi connectivity index (χ3n) is 5.13. The van der Waals surface area contributed by atoms with E-state index in [2.05, 4.69) is 31.2 Å². The number of carbonyl (C=O) groups is 1. The van der Waals surface area contributed by atoms with Gasteiger partial charge in [-0.2, -0.15) is 9.78 Å². The Morgan fingerprint density at radius 3 is 2.41 bits per heavy atom. The van der Waals surface area contributed by atoms with Gasteiger partial charge in [0.1, 0.15) is 17.2 Å². The topological polar surface area (TPSA) is 174 Å². The number of nitrogens with zero attached hydrogens (tertiary/aromatic N) is 6. The summed E-state index contributed by atoms with van der Waals surface area (Å²) in [5.74, 6) is 1.49. The van der Waals surface area contributed by atoms with Crippen LogP contribution < -0.4 is 30.1 Å². The van der Waals surface area contributed by atoms with Crippen molar-refractivity contribution in [2.24, 2.45) is 5.10 Å². The molecule has 0 aliphatic carbocycles. The van der Waals surface area contributed by atoms with Crippen molar-refractivity contribution in [2.45, 2.75) is 6.92 Å². The van der Waals surface area contributed by atoms with Gasteiger partial charge in [-0.1, -0.05) is 5.21 Å². The Labute approximate surface area is 210 Å². The molecule has 0 bridgehead atoms. The summed E-state index contributed by atoms with van der Waals surface area (Å²) in [7, 11) is 4.53. The number of hydrogen-bond donors (Lipinski definition) is 2. The molecule has 37 heavy (non-hydrogen) atoms. The van der Waals surface area contributed by atoms with Crippen LogP contribution in [0.15, 0.2) is 46.1 Å². The zero-order valence-electron chi connectivity index (χ0n) is 20.5. The highest BCUT2D eigenvalue weighted by Crippen LogP contribution is 2.34. The first-order valence-electron chi connectivity index (χ1n) is 10.9. The van der Waals surface area contributed by atoms with Crippen molar-refractivity contribution in [3.63, 3.8) is 0 Å². The van der Waals surface area contributed by atoms with Gasteiger partial charge in [0.25, 0.3) is 5.91 Å². The second kappa shape index (κ2) is 11.1. The van der Waals surface area contributed by atoms with E-state index in [-0.39, 0.29) is 17.3 Å². The SMILES string of the molecule is CCOc1ccc(-c2c(C(=O)N/N=C\c3cc(OC)c(OC)cc3OC)nnn2-c2nonc2N)cc1. The number of nitrogens with two attached hydrogens (primary N) is 1. The second-order valence-corrected chi connectivity index (χ2v) is 7.28. The van der Waals surface area contributed by atoms with Gasteiger partial charge in [0.05, 0.1) is 34.2 Å². The Hall–Kier alpha value is -5.14. The molecule has 0 fully saturated rings. The zero-order chi connectivity index (χ0) is 26.4. The standard InChI is InChI=1S/C23H24N8O6/c1-5-36-15-8-6-13(7-9-15)20-19(26-30-31(20)22-21(24)28-37-29-22)23(32)27-25-12-14-10-17(34-3)18(35-4)11-16(14)33-2/h6-12H,5H2,1-4H3,(H2,24,28)(H,27,32)/b25-12-. The largest absolute Gasteiger partial charge is 0.496 e. The van der Waals surface area contributed by atoms with Crippen LogP contribution in [0.1, 0.15) is 23.0 Å². The lowest BCUT2D eigenvalue weighted by molar-refractivity contribution is 0.0950. The van der Waals surface area contributed by atoms with Gasteiger partial charge in [-0.25, -0.2) is 10.1 Å². The minimum atomic E-state index is -0.638. The number of carbonyl (C=O) groups excluding carboxylic acids is 1. The predicted molar refractivity (Wildman–Crippen MR) is 131 cm³/mol. The molecule has 14 nitrogen and oxygen atoms in total. The highest BCUT2D eigenvalue weighted by atomic mass is 16.6. The smallest absolute Gasteiger partial charge is 0.294 e. The van der Waals surface area contributed by atoms with E-state index in [4.69, 9.17) is 29.3 Å². The van der Waals surface area contributed by atoms with Crippen molar-refractivity contribution in [1.82, 2.24) is 30.7 Å². The molecule has 0 spiro atoms. The fraction of sp³-hybridized carbons (Fsp3) is 0.217. The zero-order valence-corrected chi connectivity index (χ0v) is 20.5. The van der Waals surface area contributed by atoms with E-state index in [0.717, 1.165) is 0 Å². The molecular formula is C23H24N8O6. The van der Waals surface area contributed by atoms with Crippen LogP contribution in [0.5, 0.6) is 23.0 Å². The van der Waals surface area contributed by atoms with Crippen molar-refractivity contribution < 1.29 is 28.4 Å². The van der Waals surface area contributed by atoms with Crippen LogP contribution in [0.4, 0.5) is 5.82 Å². The third-order valence-corrected chi connectivity index (χ3v) is 5.13. The Balaban J connectivity index is 1.66. The van der Waals surface area contributed by atoms with Gasteiger partial charge in [-0.3, -0.25) is 4.79 Å². The van der Waals surface area contributed by atoms with Gasteiger partial charge in [-0.05, 0) is 47.6 Å². The lowest BCUT2D eigenvalue weighted by Gasteiger charge is -2.11. The van der Waals surface area contributed by atoms with E-state index in [1.165, 1.54) is 32.2 Å². The first-order chi connectivity index (χ1) is 18.0. The minimum Gasteiger partial charge on any atom is -0.496 e. The summed E-state index contributed by atoms with van der Waals surface area (Å²) >= 11 is 0. The summed E-state index contributed by atoms with van der Waals surface area (Å²) in [6, 6.07) is 10.3. The molecule has 0 saturated carbocycles. The number of ether oxygens (including phenoxy) is 4. The van der Waals surface area contributed by atoms with Crippen LogP contribution in [0.3, 0.4) is 0 Å². The van der Waals surface area contributed by atoms with E-state index < -0.39 is 5.91 Å².